The Balaban J connectivity index is 1.61. The topological polar surface area (TPSA) is 59.1 Å². The molecule has 0 atom stereocenters. The van der Waals surface area contributed by atoms with E-state index in [0.29, 0.717) is 49.7 Å². The van der Waals surface area contributed by atoms with Crippen LogP contribution < -0.4 is 9.47 Å². The lowest BCUT2D eigenvalue weighted by Gasteiger charge is -2.22. The molecule has 154 valence electrons. The van der Waals surface area contributed by atoms with Gasteiger partial charge in [-0.05, 0) is 43.2 Å². The molecule has 0 spiro atoms. The van der Waals surface area contributed by atoms with Gasteiger partial charge in [0.2, 0.25) is 5.91 Å². The molecular weight excluding hydrogens is 368 g/mol. The number of benzene rings is 2. The first-order chi connectivity index (χ1) is 14.0. The summed E-state index contributed by atoms with van der Waals surface area (Å²) in [4.78, 5) is 29.3. The number of hydrogen-bond acceptors (Lipinski definition) is 4. The average Bonchev–Trinajstić information content (AvgIpc) is 3.00. The van der Waals surface area contributed by atoms with Crippen molar-refractivity contribution in [3.05, 3.63) is 59.2 Å². The minimum absolute atomic E-state index is 0.0270. The van der Waals surface area contributed by atoms with Gasteiger partial charge < -0.3 is 19.3 Å². The van der Waals surface area contributed by atoms with E-state index in [-0.39, 0.29) is 11.8 Å². The van der Waals surface area contributed by atoms with Crippen LogP contribution in [0.4, 0.5) is 0 Å². The van der Waals surface area contributed by atoms with Crippen LogP contribution in [0.25, 0.3) is 0 Å². The maximum Gasteiger partial charge on any atom is 0.253 e. The van der Waals surface area contributed by atoms with Crippen molar-refractivity contribution in [1.82, 2.24) is 9.80 Å². The first kappa shape index (κ1) is 20.7. The fourth-order valence-corrected chi connectivity index (χ4v) is 3.53. The molecule has 29 heavy (non-hydrogen) atoms. The number of amides is 2. The molecule has 3 rings (SSSR count). The average molecular weight is 396 g/mol. The summed E-state index contributed by atoms with van der Waals surface area (Å²) in [6, 6.07) is 13.1. The van der Waals surface area contributed by atoms with E-state index in [9.17, 15) is 9.59 Å². The minimum atomic E-state index is 0.0270. The van der Waals surface area contributed by atoms with Crippen molar-refractivity contribution in [3.8, 4) is 11.5 Å². The van der Waals surface area contributed by atoms with Crippen LogP contribution in [0.1, 0.15) is 27.9 Å². The summed E-state index contributed by atoms with van der Waals surface area (Å²) in [5.41, 5.74) is 2.70. The Hall–Kier alpha value is -3.02. The van der Waals surface area contributed by atoms with Crippen LogP contribution in [-0.4, -0.2) is 62.0 Å². The number of aryl methyl sites for hydroxylation is 1. The van der Waals surface area contributed by atoms with Crippen LogP contribution in [0.5, 0.6) is 11.5 Å². The van der Waals surface area contributed by atoms with Crippen LogP contribution >= 0.6 is 0 Å². The molecule has 0 bridgehead atoms. The second kappa shape index (κ2) is 9.45. The lowest BCUT2D eigenvalue weighted by molar-refractivity contribution is -0.130. The lowest BCUT2D eigenvalue weighted by Crippen LogP contribution is -2.38. The summed E-state index contributed by atoms with van der Waals surface area (Å²) >= 11 is 0. The van der Waals surface area contributed by atoms with Crippen molar-refractivity contribution in [2.24, 2.45) is 0 Å². The molecule has 2 amide bonds. The fourth-order valence-electron chi connectivity index (χ4n) is 3.53. The van der Waals surface area contributed by atoms with Crippen molar-refractivity contribution in [1.29, 1.82) is 0 Å². The van der Waals surface area contributed by atoms with E-state index in [1.165, 1.54) is 0 Å². The van der Waals surface area contributed by atoms with E-state index in [4.69, 9.17) is 9.47 Å². The third kappa shape index (κ3) is 5.08. The van der Waals surface area contributed by atoms with E-state index < -0.39 is 0 Å². The molecular formula is C23H28N2O4. The van der Waals surface area contributed by atoms with Crippen molar-refractivity contribution < 1.29 is 19.1 Å². The Morgan fingerprint density at radius 1 is 0.862 bits per heavy atom. The van der Waals surface area contributed by atoms with Crippen molar-refractivity contribution >= 4 is 11.8 Å². The zero-order valence-electron chi connectivity index (χ0n) is 17.3. The molecule has 2 aromatic rings. The van der Waals surface area contributed by atoms with Crippen molar-refractivity contribution in [2.75, 3.05) is 40.4 Å². The Bertz CT molecular complexity index is 864. The van der Waals surface area contributed by atoms with E-state index >= 15 is 0 Å². The molecule has 0 saturated carbocycles. The van der Waals surface area contributed by atoms with Gasteiger partial charge in [0.1, 0.15) is 0 Å². The molecule has 2 aromatic carbocycles. The number of ether oxygens (including phenoxy) is 2. The fraction of sp³-hybridized carbons (Fsp3) is 0.391. The molecule has 1 heterocycles. The van der Waals surface area contributed by atoms with Crippen LogP contribution in [0, 0.1) is 6.92 Å². The maximum absolute atomic E-state index is 12.8. The van der Waals surface area contributed by atoms with Crippen LogP contribution in [0.3, 0.4) is 0 Å². The van der Waals surface area contributed by atoms with E-state index in [0.717, 1.165) is 17.5 Å². The van der Waals surface area contributed by atoms with Gasteiger partial charge in [0.05, 0.1) is 20.6 Å². The molecule has 6 nitrogen and oxygen atoms in total. The number of methoxy groups -OCH3 is 2. The van der Waals surface area contributed by atoms with E-state index in [2.05, 4.69) is 0 Å². The SMILES string of the molecule is COc1ccc(CC(=O)N2CCCN(C(=O)c3ccc(C)cc3)CC2)cc1OC. The van der Waals surface area contributed by atoms with Gasteiger partial charge in [-0.1, -0.05) is 23.8 Å². The molecule has 0 unspecified atom stereocenters. The molecule has 0 N–H and O–H groups in total. The van der Waals surface area contributed by atoms with Gasteiger partial charge in [0.25, 0.3) is 5.91 Å². The molecule has 6 heteroatoms. The van der Waals surface area contributed by atoms with Gasteiger partial charge in [-0.3, -0.25) is 9.59 Å². The highest BCUT2D eigenvalue weighted by molar-refractivity contribution is 5.94. The Morgan fingerprint density at radius 2 is 1.52 bits per heavy atom. The largest absolute Gasteiger partial charge is 0.493 e. The first-order valence-electron chi connectivity index (χ1n) is 9.86. The van der Waals surface area contributed by atoms with Gasteiger partial charge in [-0.25, -0.2) is 0 Å². The van der Waals surface area contributed by atoms with Crippen LogP contribution in [-0.2, 0) is 11.2 Å². The van der Waals surface area contributed by atoms with Gasteiger partial charge in [-0.2, -0.15) is 0 Å². The highest BCUT2D eigenvalue weighted by Crippen LogP contribution is 2.28. The number of rotatable bonds is 5. The summed E-state index contributed by atoms with van der Waals surface area (Å²) in [6.45, 7) is 4.41. The summed E-state index contributed by atoms with van der Waals surface area (Å²) in [6.07, 6.45) is 1.07. The molecule has 1 saturated heterocycles. The van der Waals surface area contributed by atoms with Crippen LogP contribution in [0.15, 0.2) is 42.5 Å². The maximum atomic E-state index is 12.8. The van der Waals surface area contributed by atoms with Gasteiger partial charge in [0.15, 0.2) is 11.5 Å². The Kier molecular flexibility index (Phi) is 6.75. The standard InChI is InChI=1S/C23H28N2O4/c1-17-5-8-19(9-6-17)23(27)25-12-4-11-24(13-14-25)22(26)16-18-7-10-20(28-2)21(15-18)29-3/h5-10,15H,4,11-14,16H2,1-3H3. The summed E-state index contributed by atoms with van der Waals surface area (Å²) < 4.78 is 10.6. The quantitative estimate of drug-likeness (QED) is 0.780. The normalized spacial score (nSPS) is 14.3. The summed E-state index contributed by atoms with van der Waals surface area (Å²) in [5, 5.41) is 0. The Morgan fingerprint density at radius 3 is 2.21 bits per heavy atom. The smallest absolute Gasteiger partial charge is 0.253 e. The Labute approximate surface area is 172 Å². The van der Waals surface area contributed by atoms with Crippen molar-refractivity contribution in [2.45, 2.75) is 19.8 Å². The number of nitrogens with zero attached hydrogens (tertiary/aromatic N) is 2. The van der Waals surface area contributed by atoms with E-state index in [1.54, 1.807) is 14.2 Å². The molecule has 0 aliphatic carbocycles. The lowest BCUT2D eigenvalue weighted by atomic mass is 10.1. The van der Waals surface area contributed by atoms with E-state index in [1.807, 2.05) is 59.2 Å². The molecule has 1 aliphatic rings. The summed E-state index contributed by atoms with van der Waals surface area (Å²) in [5.74, 6) is 1.34. The monoisotopic (exact) mass is 396 g/mol. The molecule has 0 radical (unpaired) electrons. The minimum Gasteiger partial charge on any atom is -0.493 e. The molecule has 1 fully saturated rings. The molecule has 0 aromatic heterocycles. The number of hydrogen-bond donors (Lipinski definition) is 0. The first-order valence-corrected chi connectivity index (χ1v) is 9.86. The van der Waals surface area contributed by atoms with Gasteiger partial charge >= 0.3 is 0 Å². The number of carbonyl (C=O) groups is 2. The number of carbonyl (C=O) groups excluding carboxylic acids is 2. The zero-order chi connectivity index (χ0) is 20.8. The predicted octanol–water partition coefficient (Wildman–Crippen LogP) is 2.93. The highest BCUT2D eigenvalue weighted by Gasteiger charge is 2.23. The summed E-state index contributed by atoms with van der Waals surface area (Å²) in [7, 11) is 3.17. The van der Waals surface area contributed by atoms with Gasteiger partial charge in [0, 0.05) is 31.7 Å². The second-order valence-electron chi connectivity index (χ2n) is 7.26. The third-order valence-corrected chi connectivity index (χ3v) is 5.24. The van der Waals surface area contributed by atoms with Gasteiger partial charge in [-0.15, -0.1) is 0 Å². The zero-order valence-corrected chi connectivity index (χ0v) is 17.3. The third-order valence-electron chi connectivity index (χ3n) is 5.24. The second-order valence-corrected chi connectivity index (χ2v) is 7.26. The highest BCUT2D eigenvalue weighted by atomic mass is 16.5. The van der Waals surface area contributed by atoms with Crippen LogP contribution in [0.2, 0.25) is 0 Å². The molecule has 1 aliphatic heterocycles. The predicted molar refractivity (Wildman–Crippen MR) is 112 cm³/mol. The van der Waals surface area contributed by atoms with Crippen molar-refractivity contribution in [3.63, 3.8) is 0 Å².